The molecule has 0 bridgehead atoms. The summed E-state index contributed by atoms with van der Waals surface area (Å²) in [6.45, 7) is 4.94. The zero-order chi connectivity index (χ0) is 14.5. The second-order valence-corrected chi connectivity index (χ2v) is 6.53. The van der Waals surface area contributed by atoms with Gasteiger partial charge in [0.2, 0.25) is 5.91 Å². The van der Waals surface area contributed by atoms with Crippen LogP contribution < -0.4 is 5.32 Å². The molecule has 1 aliphatic heterocycles. The Balaban J connectivity index is 1.90. The van der Waals surface area contributed by atoms with Crippen molar-refractivity contribution in [1.29, 1.82) is 0 Å². The summed E-state index contributed by atoms with van der Waals surface area (Å²) in [6, 6.07) is 8.16. The number of nitrogens with one attached hydrogen (secondary N) is 1. The number of hydrogen-bond acceptors (Lipinski definition) is 2. The molecule has 1 N–H and O–H groups in total. The number of carbonyl (C=O) groups is 1. The maximum Gasteiger partial charge on any atom is 0.223 e. The molecular formula is C16H23BrN2O. The highest BCUT2D eigenvalue weighted by molar-refractivity contribution is 9.10. The molecule has 1 heterocycles. The molecule has 1 aromatic rings. The number of carbonyl (C=O) groups excluding carboxylic acids is 1. The van der Waals surface area contributed by atoms with E-state index in [9.17, 15) is 4.79 Å². The standard InChI is InChI=1S/C16H23BrN2O/c1-12(14-5-3-4-6-15(14)17)9-16(20)19-8-7-13(11-19)10-18-2/h3-6,12-13,18H,7-11H2,1-2H3/t12-,13+/m1/s1. The van der Waals surface area contributed by atoms with E-state index in [0.717, 1.165) is 30.5 Å². The van der Waals surface area contributed by atoms with Crippen LogP contribution in [0, 0.1) is 5.92 Å². The van der Waals surface area contributed by atoms with Crippen molar-refractivity contribution in [2.45, 2.75) is 25.7 Å². The summed E-state index contributed by atoms with van der Waals surface area (Å²) in [4.78, 5) is 14.4. The van der Waals surface area contributed by atoms with Crippen molar-refractivity contribution < 1.29 is 4.79 Å². The third-order valence-electron chi connectivity index (χ3n) is 4.05. The molecule has 3 nitrogen and oxygen atoms in total. The van der Waals surface area contributed by atoms with Gasteiger partial charge in [0.05, 0.1) is 0 Å². The van der Waals surface area contributed by atoms with Crippen molar-refractivity contribution in [2.75, 3.05) is 26.7 Å². The molecule has 0 radical (unpaired) electrons. The summed E-state index contributed by atoms with van der Waals surface area (Å²) >= 11 is 3.57. The van der Waals surface area contributed by atoms with Crippen LogP contribution in [0.3, 0.4) is 0 Å². The van der Waals surface area contributed by atoms with Gasteiger partial charge >= 0.3 is 0 Å². The lowest BCUT2D eigenvalue weighted by Crippen LogP contribution is -2.31. The predicted octanol–water partition coefficient (Wildman–Crippen LogP) is 3.01. The third-order valence-corrected chi connectivity index (χ3v) is 4.77. The van der Waals surface area contributed by atoms with E-state index in [-0.39, 0.29) is 11.8 Å². The maximum atomic E-state index is 12.4. The van der Waals surface area contributed by atoms with E-state index >= 15 is 0 Å². The Labute approximate surface area is 129 Å². The number of hydrogen-bond donors (Lipinski definition) is 1. The molecule has 4 heteroatoms. The monoisotopic (exact) mass is 338 g/mol. The van der Waals surface area contributed by atoms with Crippen LogP contribution in [0.1, 0.15) is 31.2 Å². The van der Waals surface area contributed by atoms with E-state index in [2.05, 4.69) is 34.2 Å². The van der Waals surface area contributed by atoms with Crippen molar-refractivity contribution in [3.05, 3.63) is 34.3 Å². The largest absolute Gasteiger partial charge is 0.342 e. The Bertz CT molecular complexity index is 464. The number of benzene rings is 1. The van der Waals surface area contributed by atoms with Gasteiger partial charge in [0.15, 0.2) is 0 Å². The molecule has 0 aliphatic carbocycles. The molecule has 1 amide bonds. The van der Waals surface area contributed by atoms with E-state index in [1.54, 1.807) is 0 Å². The summed E-state index contributed by atoms with van der Waals surface area (Å²) < 4.78 is 1.09. The highest BCUT2D eigenvalue weighted by atomic mass is 79.9. The lowest BCUT2D eigenvalue weighted by Gasteiger charge is -2.20. The van der Waals surface area contributed by atoms with Gasteiger partial charge in [0.1, 0.15) is 0 Å². The van der Waals surface area contributed by atoms with Gasteiger partial charge in [-0.3, -0.25) is 4.79 Å². The minimum Gasteiger partial charge on any atom is -0.342 e. The number of rotatable bonds is 5. The average Bonchev–Trinajstić information content (AvgIpc) is 2.88. The zero-order valence-electron chi connectivity index (χ0n) is 12.2. The Morgan fingerprint density at radius 1 is 1.50 bits per heavy atom. The van der Waals surface area contributed by atoms with Crippen molar-refractivity contribution in [3.63, 3.8) is 0 Å². The summed E-state index contributed by atoms with van der Waals surface area (Å²) in [6.07, 6.45) is 1.71. The molecule has 110 valence electrons. The van der Waals surface area contributed by atoms with Crippen molar-refractivity contribution in [2.24, 2.45) is 5.92 Å². The molecule has 1 fully saturated rings. The van der Waals surface area contributed by atoms with Crippen LogP contribution in [-0.2, 0) is 4.79 Å². The van der Waals surface area contributed by atoms with Gasteiger partial charge in [-0.15, -0.1) is 0 Å². The number of likely N-dealkylation sites (tertiary alicyclic amines) is 1. The summed E-state index contributed by atoms with van der Waals surface area (Å²) in [5, 5.41) is 3.20. The van der Waals surface area contributed by atoms with Crippen LogP contribution >= 0.6 is 15.9 Å². The molecule has 0 unspecified atom stereocenters. The van der Waals surface area contributed by atoms with Gasteiger partial charge in [-0.1, -0.05) is 41.1 Å². The number of amides is 1. The summed E-state index contributed by atoms with van der Waals surface area (Å²) in [5.41, 5.74) is 1.21. The fraction of sp³-hybridized carbons (Fsp3) is 0.562. The molecule has 0 spiro atoms. The Morgan fingerprint density at radius 3 is 2.95 bits per heavy atom. The highest BCUT2D eigenvalue weighted by Crippen LogP contribution is 2.28. The molecule has 1 aliphatic rings. The van der Waals surface area contributed by atoms with Crippen LogP contribution in [0.4, 0.5) is 0 Å². The molecule has 20 heavy (non-hydrogen) atoms. The first-order valence-corrected chi connectivity index (χ1v) is 8.08. The zero-order valence-corrected chi connectivity index (χ0v) is 13.8. The van der Waals surface area contributed by atoms with E-state index in [4.69, 9.17) is 0 Å². The first-order valence-electron chi connectivity index (χ1n) is 7.28. The van der Waals surface area contributed by atoms with Crippen LogP contribution in [0.2, 0.25) is 0 Å². The van der Waals surface area contributed by atoms with Gasteiger partial charge in [-0.2, -0.15) is 0 Å². The minimum atomic E-state index is 0.251. The van der Waals surface area contributed by atoms with E-state index in [1.165, 1.54) is 5.56 Å². The summed E-state index contributed by atoms with van der Waals surface area (Å²) in [5.74, 6) is 1.15. The molecular weight excluding hydrogens is 316 g/mol. The Morgan fingerprint density at radius 2 is 2.25 bits per heavy atom. The van der Waals surface area contributed by atoms with Gasteiger partial charge in [0, 0.05) is 24.0 Å². The predicted molar refractivity (Wildman–Crippen MR) is 85.8 cm³/mol. The van der Waals surface area contributed by atoms with Gasteiger partial charge in [0.25, 0.3) is 0 Å². The normalized spacial score (nSPS) is 20.1. The maximum absolute atomic E-state index is 12.4. The number of nitrogens with zero attached hydrogens (tertiary/aromatic N) is 1. The lowest BCUT2D eigenvalue weighted by atomic mass is 9.97. The van der Waals surface area contributed by atoms with Crippen molar-refractivity contribution in [3.8, 4) is 0 Å². The Kier molecular flexibility index (Phi) is 5.61. The van der Waals surface area contributed by atoms with Crippen LogP contribution in [0.15, 0.2) is 28.7 Å². The molecule has 0 aromatic heterocycles. The Hall–Kier alpha value is -0.870. The second-order valence-electron chi connectivity index (χ2n) is 5.68. The van der Waals surface area contributed by atoms with Crippen LogP contribution in [-0.4, -0.2) is 37.5 Å². The fourth-order valence-electron chi connectivity index (χ4n) is 2.89. The van der Waals surface area contributed by atoms with Gasteiger partial charge in [-0.25, -0.2) is 0 Å². The van der Waals surface area contributed by atoms with E-state index < -0.39 is 0 Å². The average molecular weight is 339 g/mol. The van der Waals surface area contributed by atoms with Gasteiger partial charge in [-0.05, 0) is 43.5 Å². The molecule has 0 saturated carbocycles. The van der Waals surface area contributed by atoms with Crippen molar-refractivity contribution >= 4 is 21.8 Å². The molecule has 2 atom stereocenters. The van der Waals surface area contributed by atoms with Crippen molar-refractivity contribution in [1.82, 2.24) is 10.2 Å². The highest BCUT2D eigenvalue weighted by Gasteiger charge is 2.26. The van der Waals surface area contributed by atoms with E-state index in [1.807, 2.05) is 30.1 Å². The first kappa shape index (κ1) is 15.5. The smallest absolute Gasteiger partial charge is 0.223 e. The lowest BCUT2D eigenvalue weighted by molar-refractivity contribution is -0.130. The number of halogens is 1. The van der Waals surface area contributed by atoms with Crippen LogP contribution in [0.25, 0.3) is 0 Å². The van der Waals surface area contributed by atoms with E-state index in [0.29, 0.717) is 12.3 Å². The second kappa shape index (κ2) is 7.23. The summed E-state index contributed by atoms with van der Waals surface area (Å²) in [7, 11) is 1.97. The SMILES string of the molecule is CNC[C@@H]1CCN(C(=O)C[C@@H](C)c2ccccc2Br)C1. The topological polar surface area (TPSA) is 32.3 Å². The quantitative estimate of drug-likeness (QED) is 0.894. The van der Waals surface area contributed by atoms with Gasteiger partial charge < -0.3 is 10.2 Å². The first-order chi connectivity index (χ1) is 9.61. The van der Waals surface area contributed by atoms with Crippen LogP contribution in [0.5, 0.6) is 0 Å². The molecule has 1 aromatic carbocycles. The fourth-order valence-corrected chi connectivity index (χ4v) is 3.57. The third kappa shape index (κ3) is 3.83. The molecule has 1 saturated heterocycles. The minimum absolute atomic E-state index is 0.251. The molecule has 2 rings (SSSR count).